The van der Waals surface area contributed by atoms with Crippen LogP contribution in [0.25, 0.3) is 0 Å². The summed E-state index contributed by atoms with van der Waals surface area (Å²) in [5.41, 5.74) is 4.85. The Hall–Kier alpha value is 0.297. The molecule has 3 heteroatoms. The molecule has 0 heterocycles. The fourth-order valence-electron chi connectivity index (χ4n) is 0.0417. The summed E-state index contributed by atoms with van der Waals surface area (Å²) in [6, 6.07) is 0. The molecular weight excluding hydrogens is 236 g/mol. The molecule has 0 atom stereocenters. The number of terminal acetylenes is 2. The molecular formula is C4H2Br2Si. The van der Waals surface area contributed by atoms with Crippen LogP contribution in [0.1, 0.15) is 0 Å². The second kappa shape index (κ2) is 2.57. The SMILES string of the molecule is C#C[Si](Br)(Br)C#C. The maximum absolute atomic E-state index is 4.99. The minimum absolute atomic E-state index is 1.97. The van der Waals surface area contributed by atoms with E-state index in [9.17, 15) is 0 Å². The van der Waals surface area contributed by atoms with Crippen molar-refractivity contribution in [1.29, 1.82) is 0 Å². The van der Waals surface area contributed by atoms with E-state index in [1.165, 1.54) is 0 Å². The van der Waals surface area contributed by atoms with Crippen LogP contribution in [0.4, 0.5) is 0 Å². The smallest absolute Gasteiger partial charge is 0.124 e. The summed E-state index contributed by atoms with van der Waals surface area (Å²) < 4.78 is 0. The molecule has 0 saturated carbocycles. The molecule has 0 aliphatic rings. The lowest BCUT2D eigenvalue weighted by Gasteiger charge is -1.93. The van der Waals surface area contributed by atoms with Gasteiger partial charge in [-0.2, -0.15) is 0 Å². The van der Waals surface area contributed by atoms with Gasteiger partial charge in [-0.1, -0.05) is 41.7 Å². The molecule has 7 heavy (non-hydrogen) atoms. The van der Waals surface area contributed by atoms with E-state index in [2.05, 4.69) is 41.7 Å². The van der Waals surface area contributed by atoms with E-state index in [1.54, 1.807) is 0 Å². The second-order valence-electron chi connectivity index (χ2n) is 0.863. The molecule has 0 spiro atoms. The molecule has 0 fully saturated rings. The van der Waals surface area contributed by atoms with Crippen LogP contribution < -0.4 is 0 Å². The molecule has 0 aromatic rings. The van der Waals surface area contributed by atoms with Crippen molar-refractivity contribution in [3.63, 3.8) is 0 Å². The summed E-state index contributed by atoms with van der Waals surface area (Å²) in [4.78, 5) is 0. The van der Waals surface area contributed by atoms with Crippen LogP contribution in [0.15, 0.2) is 0 Å². The van der Waals surface area contributed by atoms with Crippen molar-refractivity contribution in [1.82, 2.24) is 0 Å². The number of hydrogen-bond donors (Lipinski definition) is 0. The van der Waals surface area contributed by atoms with Crippen LogP contribution in [0.5, 0.6) is 0 Å². The zero-order chi connectivity index (χ0) is 5.91. The predicted molar refractivity (Wildman–Crippen MR) is 41.3 cm³/mol. The standard InChI is InChI=1S/C4H2Br2Si/c1-3-7(5,6)4-2/h1-2H. The first-order valence-electron chi connectivity index (χ1n) is 1.46. The van der Waals surface area contributed by atoms with Crippen LogP contribution in [0.3, 0.4) is 0 Å². The Morgan fingerprint density at radius 1 is 1.14 bits per heavy atom. The summed E-state index contributed by atoms with van der Waals surface area (Å²) in [5.74, 6) is 0. The minimum Gasteiger partial charge on any atom is -0.124 e. The van der Waals surface area contributed by atoms with E-state index in [1.807, 2.05) is 0 Å². The van der Waals surface area contributed by atoms with Gasteiger partial charge in [0.25, 0.3) is 0 Å². The Morgan fingerprint density at radius 3 is 1.43 bits per heavy atom. The van der Waals surface area contributed by atoms with Crippen LogP contribution >= 0.6 is 30.6 Å². The molecule has 36 valence electrons. The fraction of sp³-hybridized carbons (Fsp3) is 0. The molecule has 0 rings (SSSR count). The zero-order valence-electron chi connectivity index (χ0n) is 3.41. The number of halogens is 2. The Balaban J connectivity index is 4.00. The van der Waals surface area contributed by atoms with Crippen LogP contribution in [0.2, 0.25) is 0 Å². The molecule has 0 aromatic carbocycles. The van der Waals surface area contributed by atoms with E-state index in [0.717, 1.165) is 0 Å². The van der Waals surface area contributed by atoms with Crippen molar-refractivity contribution in [2.24, 2.45) is 0 Å². The van der Waals surface area contributed by atoms with Crippen molar-refractivity contribution in [3.05, 3.63) is 0 Å². The maximum atomic E-state index is 4.99. The maximum Gasteiger partial charge on any atom is 0.352 e. The Bertz CT molecular complexity index is 121. The van der Waals surface area contributed by atoms with Gasteiger partial charge in [-0.25, -0.2) is 0 Å². The van der Waals surface area contributed by atoms with Crippen LogP contribution in [-0.4, -0.2) is 5.31 Å². The van der Waals surface area contributed by atoms with Gasteiger partial charge in [0.2, 0.25) is 0 Å². The van der Waals surface area contributed by atoms with Gasteiger partial charge < -0.3 is 0 Å². The molecule has 0 saturated heterocycles. The minimum atomic E-state index is -1.97. The third-order valence-corrected chi connectivity index (χ3v) is 3.83. The van der Waals surface area contributed by atoms with Crippen molar-refractivity contribution in [3.8, 4) is 23.9 Å². The third-order valence-electron chi connectivity index (χ3n) is 0.363. The lowest BCUT2D eigenvalue weighted by molar-refractivity contribution is 2.81. The van der Waals surface area contributed by atoms with Gasteiger partial charge >= 0.3 is 5.31 Å². The van der Waals surface area contributed by atoms with Gasteiger partial charge in [-0.15, -0.1) is 12.8 Å². The highest BCUT2D eigenvalue weighted by Gasteiger charge is 2.18. The number of rotatable bonds is 0. The normalized spacial score (nSPS) is 9.14. The first-order valence-corrected chi connectivity index (χ1v) is 7.97. The topological polar surface area (TPSA) is 0 Å². The van der Waals surface area contributed by atoms with E-state index in [-0.39, 0.29) is 0 Å². The highest BCUT2D eigenvalue weighted by atomic mass is 79.9. The first-order chi connectivity index (χ1) is 3.12. The monoisotopic (exact) mass is 236 g/mol. The Kier molecular flexibility index (Phi) is 2.68. The molecule has 0 aliphatic carbocycles. The fourth-order valence-corrected chi connectivity index (χ4v) is 0.125. The summed E-state index contributed by atoms with van der Waals surface area (Å²) in [6.45, 7) is 0. The quantitative estimate of drug-likeness (QED) is 0.341. The lowest BCUT2D eigenvalue weighted by Crippen LogP contribution is -2.09. The average molecular weight is 238 g/mol. The summed E-state index contributed by atoms with van der Waals surface area (Å²) in [7, 11) is 0. The molecule has 0 radical (unpaired) electrons. The van der Waals surface area contributed by atoms with Crippen molar-refractivity contribution >= 4 is 35.9 Å². The van der Waals surface area contributed by atoms with Gasteiger partial charge in [0.05, 0.1) is 0 Å². The van der Waals surface area contributed by atoms with Crippen molar-refractivity contribution in [2.75, 3.05) is 0 Å². The average Bonchev–Trinajstić information content (AvgIpc) is 1.68. The van der Waals surface area contributed by atoms with E-state index < -0.39 is 5.31 Å². The summed E-state index contributed by atoms with van der Waals surface area (Å²) >= 11 is 6.33. The largest absolute Gasteiger partial charge is 0.352 e. The summed E-state index contributed by atoms with van der Waals surface area (Å²) in [5, 5.41) is -1.97. The summed E-state index contributed by atoms with van der Waals surface area (Å²) in [6.07, 6.45) is 9.98. The van der Waals surface area contributed by atoms with Gasteiger partial charge in [-0.05, 0) is 0 Å². The molecule has 0 aliphatic heterocycles. The van der Waals surface area contributed by atoms with Crippen LogP contribution in [-0.2, 0) is 0 Å². The predicted octanol–water partition coefficient (Wildman–Crippen LogP) is 1.56. The van der Waals surface area contributed by atoms with Gasteiger partial charge in [0, 0.05) is 0 Å². The Labute approximate surface area is 59.8 Å². The number of hydrogen-bond acceptors (Lipinski definition) is 0. The van der Waals surface area contributed by atoms with Gasteiger partial charge in [0.15, 0.2) is 0 Å². The van der Waals surface area contributed by atoms with Gasteiger partial charge in [0.1, 0.15) is 0 Å². The highest BCUT2D eigenvalue weighted by molar-refractivity contribution is 9.52. The van der Waals surface area contributed by atoms with Gasteiger partial charge in [-0.3, -0.25) is 0 Å². The molecule has 0 amide bonds. The van der Waals surface area contributed by atoms with Crippen molar-refractivity contribution in [2.45, 2.75) is 0 Å². The molecule has 0 bridgehead atoms. The van der Waals surface area contributed by atoms with E-state index in [0.29, 0.717) is 0 Å². The van der Waals surface area contributed by atoms with Crippen LogP contribution in [0, 0.1) is 23.9 Å². The first kappa shape index (κ1) is 7.30. The molecule has 0 nitrogen and oxygen atoms in total. The highest BCUT2D eigenvalue weighted by Crippen LogP contribution is 2.15. The lowest BCUT2D eigenvalue weighted by atomic mass is 11.4. The molecule has 0 N–H and O–H groups in total. The van der Waals surface area contributed by atoms with Crippen molar-refractivity contribution < 1.29 is 0 Å². The van der Waals surface area contributed by atoms with E-state index in [4.69, 9.17) is 12.8 Å². The third kappa shape index (κ3) is 2.93. The molecule has 0 aromatic heterocycles. The Morgan fingerprint density at radius 2 is 1.43 bits per heavy atom. The second-order valence-corrected chi connectivity index (χ2v) is 12.9. The van der Waals surface area contributed by atoms with E-state index >= 15 is 0 Å². The molecule has 0 unspecified atom stereocenters. The zero-order valence-corrected chi connectivity index (χ0v) is 7.58.